The van der Waals surface area contributed by atoms with Crippen molar-refractivity contribution in [1.82, 2.24) is 0 Å². The first-order chi connectivity index (χ1) is 36.3. The molecule has 0 heterocycles. The molecule has 2 unspecified atom stereocenters. The van der Waals surface area contributed by atoms with Gasteiger partial charge in [-0.25, -0.2) is 4.57 Å². The number of phosphoric ester groups is 1. The molecule has 0 fully saturated rings. The molecule has 0 aromatic heterocycles. The Kier molecular flexibility index (Phi) is 55.4. The minimum Gasteiger partial charge on any atom is -0.462 e. The van der Waals surface area contributed by atoms with Gasteiger partial charge in [0, 0.05) is 19.4 Å². The van der Waals surface area contributed by atoms with Gasteiger partial charge in [0.15, 0.2) is 6.10 Å². The van der Waals surface area contributed by atoms with Crippen LogP contribution in [0.15, 0.2) is 134 Å². The number of nitrogens with two attached hydrogens (primary N) is 1. The highest BCUT2D eigenvalue weighted by atomic mass is 31.2. The lowest BCUT2D eigenvalue weighted by atomic mass is 10.1. The second-order valence-electron chi connectivity index (χ2n) is 18.8. The third kappa shape index (κ3) is 57.4. The van der Waals surface area contributed by atoms with E-state index in [-0.39, 0.29) is 32.6 Å². The predicted molar refractivity (Wildman–Crippen MR) is 316 cm³/mol. The fourth-order valence-corrected chi connectivity index (χ4v) is 8.25. The van der Waals surface area contributed by atoms with E-state index in [1.54, 1.807) is 0 Å². The number of phosphoric acid groups is 1. The van der Waals surface area contributed by atoms with Crippen molar-refractivity contribution in [3.8, 4) is 0 Å². The number of allylic oxidation sites excluding steroid dienone is 22. The van der Waals surface area contributed by atoms with Crippen LogP contribution in [0.4, 0.5) is 0 Å². The van der Waals surface area contributed by atoms with Gasteiger partial charge in [0.25, 0.3) is 0 Å². The first-order valence-electron chi connectivity index (χ1n) is 29.2. The summed E-state index contributed by atoms with van der Waals surface area (Å²) in [4.78, 5) is 35.1. The Balaban J connectivity index is 4.01. The van der Waals surface area contributed by atoms with Crippen molar-refractivity contribution < 1.29 is 37.6 Å². The monoisotopic (exact) mass is 1050 g/mol. The van der Waals surface area contributed by atoms with Gasteiger partial charge >= 0.3 is 19.8 Å². The Morgan fingerprint density at radius 3 is 1.11 bits per heavy atom. The van der Waals surface area contributed by atoms with Gasteiger partial charge < -0.3 is 20.1 Å². The van der Waals surface area contributed by atoms with E-state index in [9.17, 15) is 19.0 Å². The Morgan fingerprint density at radius 1 is 0.419 bits per heavy atom. The summed E-state index contributed by atoms with van der Waals surface area (Å²) in [5.41, 5.74) is 5.37. The van der Waals surface area contributed by atoms with Crippen molar-refractivity contribution in [3.05, 3.63) is 134 Å². The maximum Gasteiger partial charge on any atom is 0.472 e. The van der Waals surface area contributed by atoms with Crippen LogP contribution in [-0.2, 0) is 32.7 Å². The molecule has 0 rings (SSSR count). The molecular weight excluding hydrogens is 942 g/mol. The van der Waals surface area contributed by atoms with Crippen molar-refractivity contribution in [3.63, 3.8) is 0 Å². The molecule has 0 saturated carbocycles. The molecule has 0 bridgehead atoms. The zero-order chi connectivity index (χ0) is 53.8. The molecule has 9 nitrogen and oxygen atoms in total. The van der Waals surface area contributed by atoms with Gasteiger partial charge in [0.2, 0.25) is 0 Å². The smallest absolute Gasteiger partial charge is 0.462 e. The fourth-order valence-electron chi connectivity index (χ4n) is 7.48. The molecule has 74 heavy (non-hydrogen) atoms. The minimum absolute atomic E-state index is 0.0440. The van der Waals surface area contributed by atoms with Crippen LogP contribution < -0.4 is 5.73 Å². The van der Waals surface area contributed by atoms with Gasteiger partial charge in [-0.2, -0.15) is 0 Å². The number of unbranched alkanes of at least 4 members (excludes halogenated alkanes) is 18. The first kappa shape index (κ1) is 70.1. The summed E-state index contributed by atoms with van der Waals surface area (Å²) in [6.07, 6.45) is 82.2. The van der Waals surface area contributed by atoms with Crippen LogP contribution in [-0.4, -0.2) is 49.3 Å². The average Bonchev–Trinajstić information content (AvgIpc) is 3.39. The lowest BCUT2D eigenvalue weighted by molar-refractivity contribution is -0.161. The lowest BCUT2D eigenvalue weighted by Crippen LogP contribution is -2.29. The summed E-state index contributed by atoms with van der Waals surface area (Å²) in [5, 5.41) is 0. The molecule has 0 radical (unpaired) electrons. The van der Waals surface area contributed by atoms with Crippen molar-refractivity contribution in [2.45, 2.75) is 232 Å². The number of hydrogen-bond donors (Lipinski definition) is 2. The van der Waals surface area contributed by atoms with Crippen LogP contribution >= 0.6 is 7.82 Å². The summed E-state index contributed by atoms with van der Waals surface area (Å²) >= 11 is 0. The van der Waals surface area contributed by atoms with Crippen molar-refractivity contribution >= 4 is 19.8 Å². The van der Waals surface area contributed by atoms with Gasteiger partial charge in [-0.1, -0.05) is 231 Å². The van der Waals surface area contributed by atoms with Gasteiger partial charge in [-0.05, 0) is 116 Å². The Bertz CT molecular complexity index is 1670. The zero-order valence-electron chi connectivity index (χ0n) is 46.8. The molecule has 0 aliphatic heterocycles. The highest BCUT2D eigenvalue weighted by molar-refractivity contribution is 7.47. The van der Waals surface area contributed by atoms with Gasteiger partial charge in [0.05, 0.1) is 13.2 Å². The van der Waals surface area contributed by atoms with E-state index < -0.39 is 32.5 Å². The number of carbonyl (C=O) groups excluding carboxylic acids is 2. The molecule has 0 aromatic carbocycles. The largest absolute Gasteiger partial charge is 0.472 e. The SMILES string of the molecule is CC/C=C\C/C=C\C/C=C\C/C=C\C/C=C\C/C=C\C/C=C\C/C=C\C/C=C\CCCCCCCCCCCC(=O)OC(COC(=O)CCCCCCC/C=C\C/C=C\CCCCCC)COP(=O)(O)OCCN. The van der Waals surface area contributed by atoms with E-state index in [1.165, 1.54) is 64.2 Å². The number of esters is 2. The number of hydrogen-bond acceptors (Lipinski definition) is 8. The van der Waals surface area contributed by atoms with Crippen LogP contribution in [0.2, 0.25) is 0 Å². The first-order valence-corrected chi connectivity index (χ1v) is 30.7. The molecule has 0 aromatic rings. The van der Waals surface area contributed by atoms with Crippen molar-refractivity contribution in [2.75, 3.05) is 26.4 Å². The van der Waals surface area contributed by atoms with Gasteiger partial charge in [-0.15, -0.1) is 0 Å². The van der Waals surface area contributed by atoms with Gasteiger partial charge in [0.1, 0.15) is 6.61 Å². The normalized spacial score (nSPS) is 14.1. The summed E-state index contributed by atoms with van der Waals surface area (Å²) in [7, 11) is -4.40. The average molecular weight is 1050 g/mol. The molecule has 0 aliphatic rings. The summed E-state index contributed by atoms with van der Waals surface area (Å²) in [5.74, 6) is -0.858. The van der Waals surface area contributed by atoms with Crippen LogP contribution in [0.25, 0.3) is 0 Å². The van der Waals surface area contributed by atoms with Crippen LogP contribution in [0.1, 0.15) is 226 Å². The van der Waals surface area contributed by atoms with Crippen molar-refractivity contribution in [1.29, 1.82) is 0 Å². The zero-order valence-corrected chi connectivity index (χ0v) is 47.7. The second-order valence-corrected chi connectivity index (χ2v) is 20.2. The van der Waals surface area contributed by atoms with Crippen LogP contribution in [0.5, 0.6) is 0 Å². The van der Waals surface area contributed by atoms with Crippen LogP contribution in [0.3, 0.4) is 0 Å². The third-order valence-corrected chi connectivity index (χ3v) is 12.8. The Labute approximate surface area is 453 Å². The predicted octanol–water partition coefficient (Wildman–Crippen LogP) is 18.6. The Morgan fingerprint density at radius 2 is 0.743 bits per heavy atom. The topological polar surface area (TPSA) is 134 Å². The molecule has 0 saturated heterocycles. The van der Waals surface area contributed by atoms with E-state index in [0.29, 0.717) is 12.8 Å². The minimum atomic E-state index is -4.40. The summed E-state index contributed by atoms with van der Waals surface area (Å²) < 4.78 is 33.0. The number of rotatable bonds is 53. The Hall–Kier alpha value is -3.85. The van der Waals surface area contributed by atoms with Crippen molar-refractivity contribution in [2.24, 2.45) is 5.73 Å². The van der Waals surface area contributed by atoms with E-state index >= 15 is 0 Å². The summed E-state index contributed by atoms with van der Waals surface area (Å²) in [6, 6.07) is 0. The molecule has 2 atom stereocenters. The molecular formula is C64H106NO8P. The quantitative estimate of drug-likeness (QED) is 0.0264. The number of ether oxygens (including phenoxy) is 2. The molecule has 3 N–H and O–H groups in total. The highest BCUT2D eigenvalue weighted by Crippen LogP contribution is 2.43. The van der Waals surface area contributed by atoms with E-state index in [0.717, 1.165) is 122 Å². The molecule has 0 spiro atoms. The number of carbonyl (C=O) groups is 2. The van der Waals surface area contributed by atoms with E-state index in [1.807, 2.05) is 0 Å². The van der Waals surface area contributed by atoms with E-state index in [4.69, 9.17) is 24.3 Å². The molecule has 420 valence electrons. The van der Waals surface area contributed by atoms with Crippen LogP contribution in [0, 0.1) is 0 Å². The standard InChI is InChI=1S/C64H106NO8P/c1-3-5-7-9-11-13-15-17-19-21-22-23-24-25-26-27-28-29-30-31-32-33-34-35-36-37-38-39-40-41-43-45-47-49-51-53-55-57-64(67)73-62(61-72-74(68,69)71-59-58-65)60-70-63(66)56-54-52-50-48-46-44-42-20-18-16-14-12-10-8-6-4-2/h5,7,11,13-14,16-17,19-20,22-23,25-26,28-29,31-32,34-35,37-38,42,62H,3-4,6,8-10,12,15,18,21,24,27,30,33,36,39-41,43-61,65H2,1-2H3,(H,68,69)/b7-5-,13-11-,16-14-,19-17-,23-22-,26-25-,29-28-,32-31-,35-34-,38-37-,42-20-. The highest BCUT2D eigenvalue weighted by Gasteiger charge is 2.26. The maximum atomic E-state index is 12.7. The maximum absolute atomic E-state index is 12.7. The van der Waals surface area contributed by atoms with E-state index in [2.05, 4.69) is 148 Å². The molecule has 0 amide bonds. The molecule has 0 aliphatic carbocycles. The molecule has 10 heteroatoms. The summed E-state index contributed by atoms with van der Waals surface area (Å²) in [6.45, 7) is 3.57. The fraction of sp³-hybridized carbons (Fsp3) is 0.625. The third-order valence-electron chi connectivity index (χ3n) is 11.8. The van der Waals surface area contributed by atoms with Gasteiger partial charge in [-0.3, -0.25) is 18.6 Å². The second kappa shape index (κ2) is 58.4. The lowest BCUT2D eigenvalue weighted by Gasteiger charge is -2.19.